The van der Waals surface area contributed by atoms with Gasteiger partial charge in [0.25, 0.3) is 0 Å². The van der Waals surface area contributed by atoms with Crippen LogP contribution >= 0.6 is 11.6 Å². The van der Waals surface area contributed by atoms with Gasteiger partial charge in [0.05, 0.1) is 23.2 Å². The smallest absolute Gasteiger partial charge is 0.414 e. The van der Waals surface area contributed by atoms with Crippen LogP contribution in [0.25, 0.3) is 0 Å². The minimum Gasteiger partial charge on any atom is -0.473 e. The molecular formula is C19H25ClN2O7. The van der Waals surface area contributed by atoms with Crippen molar-refractivity contribution in [1.29, 1.82) is 0 Å². The second-order valence-corrected chi connectivity index (χ2v) is 6.66. The molecule has 1 fully saturated rings. The Hall–Kier alpha value is -2.65. The first-order valence-electron chi connectivity index (χ1n) is 9.14. The van der Waals surface area contributed by atoms with Gasteiger partial charge in [-0.3, -0.25) is 9.59 Å². The van der Waals surface area contributed by atoms with Crippen LogP contribution in [-0.4, -0.2) is 65.2 Å². The number of halogens is 1. The fraction of sp³-hybridized carbons (Fsp3) is 0.474. The van der Waals surface area contributed by atoms with Gasteiger partial charge in [0, 0.05) is 13.0 Å². The van der Waals surface area contributed by atoms with Crippen molar-refractivity contribution in [3.05, 3.63) is 29.3 Å². The first-order chi connectivity index (χ1) is 13.7. The van der Waals surface area contributed by atoms with E-state index in [1.807, 2.05) is 19.1 Å². The number of carbonyl (C=O) groups is 4. The molecule has 0 aromatic heterocycles. The molecule has 29 heavy (non-hydrogen) atoms. The number of rotatable bonds is 6. The minimum atomic E-state index is -1.82. The minimum absolute atomic E-state index is 0.00292. The van der Waals surface area contributed by atoms with Crippen LogP contribution in [0.5, 0.6) is 0 Å². The molecule has 0 aliphatic carbocycles. The van der Waals surface area contributed by atoms with Crippen molar-refractivity contribution < 1.29 is 34.1 Å². The van der Waals surface area contributed by atoms with E-state index in [0.717, 1.165) is 25.9 Å². The second kappa shape index (κ2) is 12.7. The molecule has 0 spiro atoms. The highest BCUT2D eigenvalue weighted by Crippen LogP contribution is 2.21. The Morgan fingerprint density at radius 3 is 2.24 bits per heavy atom. The van der Waals surface area contributed by atoms with Gasteiger partial charge in [-0.1, -0.05) is 23.7 Å². The lowest BCUT2D eigenvalue weighted by atomic mass is 9.97. The number of para-hydroxylation sites is 1. The number of hydrogen-bond acceptors (Lipinski definition) is 6. The number of likely N-dealkylation sites (tertiary alicyclic amines) is 1. The summed E-state index contributed by atoms with van der Waals surface area (Å²) in [6, 6.07) is 7.19. The van der Waals surface area contributed by atoms with Crippen molar-refractivity contribution in [2.45, 2.75) is 26.2 Å². The van der Waals surface area contributed by atoms with Gasteiger partial charge in [-0.05, 0) is 45.0 Å². The Bertz CT molecular complexity index is 706. The van der Waals surface area contributed by atoms with Crippen LogP contribution in [0.4, 0.5) is 5.69 Å². The highest BCUT2D eigenvalue weighted by Gasteiger charge is 2.25. The Morgan fingerprint density at radius 2 is 1.72 bits per heavy atom. The number of ether oxygens (including phenoxy) is 1. The molecule has 1 amide bonds. The average molecular weight is 429 g/mol. The molecule has 1 aliphatic heterocycles. The lowest BCUT2D eigenvalue weighted by Crippen LogP contribution is -2.38. The van der Waals surface area contributed by atoms with Gasteiger partial charge in [0.2, 0.25) is 5.91 Å². The molecule has 9 nitrogen and oxygen atoms in total. The first kappa shape index (κ1) is 24.4. The summed E-state index contributed by atoms with van der Waals surface area (Å²) >= 11 is 6.02. The molecule has 1 aromatic rings. The summed E-state index contributed by atoms with van der Waals surface area (Å²) in [6.07, 6.45) is 2.01. The topological polar surface area (TPSA) is 133 Å². The number of aliphatic carboxylic acids is 2. The molecule has 1 aromatic carbocycles. The van der Waals surface area contributed by atoms with Crippen LogP contribution in [-0.2, 0) is 23.9 Å². The molecule has 1 aliphatic rings. The Kier molecular flexibility index (Phi) is 10.7. The van der Waals surface area contributed by atoms with E-state index in [1.54, 1.807) is 12.1 Å². The number of benzene rings is 1. The maximum Gasteiger partial charge on any atom is 0.414 e. The van der Waals surface area contributed by atoms with Crippen molar-refractivity contribution >= 4 is 41.1 Å². The second-order valence-electron chi connectivity index (χ2n) is 6.26. The number of anilines is 1. The van der Waals surface area contributed by atoms with Crippen LogP contribution in [0, 0.1) is 5.92 Å². The van der Waals surface area contributed by atoms with Crippen molar-refractivity contribution in [3.63, 3.8) is 0 Å². The molecule has 0 atom stereocenters. The number of carboxylic acid groups (broad SMARTS) is 2. The normalized spacial score (nSPS) is 14.3. The molecule has 0 radical (unpaired) electrons. The zero-order valence-corrected chi connectivity index (χ0v) is 16.9. The Morgan fingerprint density at radius 1 is 1.14 bits per heavy atom. The molecule has 1 heterocycles. The maximum absolute atomic E-state index is 12.0. The average Bonchev–Trinajstić information content (AvgIpc) is 2.69. The zero-order valence-electron chi connectivity index (χ0n) is 16.1. The van der Waals surface area contributed by atoms with E-state index in [9.17, 15) is 9.59 Å². The summed E-state index contributed by atoms with van der Waals surface area (Å²) in [6.45, 7) is 4.59. The largest absolute Gasteiger partial charge is 0.473 e. The van der Waals surface area contributed by atoms with Crippen molar-refractivity contribution in [2.75, 3.05) is 31.6 Å². The van der Waals surface area contributed by atoms with E-state index in [-0.39, 0.29) is 17.8 Å². The number of carboxylic acids is 2. The van der Waals surface area contributed by atoms with Crippen LogP contribution in [0.15, 0.2) is 24.3 Å². The predicted octanol–water partition coefficient (Wildman–Crippen LogP) is 2.10. The van der Waals surface area contributed by atoms with Gasteiger partial charge in [-0.25, -0.2) is 9.59 Å². The van der Waals surface area contributed by atoms with E-state index in [0.29, 0.717) is 30.3 Å². The fourth-order valence-corrected chi connectivity index (χ4v) is 2.87. The third kappa shape index (κ3) is 9.40. The Balaban J connectivity index is 0.000000612. The summed E-state index contributed by atoms with van der Waals surface area (Å²) in [7, 11) is 0. The molecule has 3 N–H and O–H groups in total. The monoisotopic (exact) mass is 428 g/mol. The number of piperidine rings is 1. The van der Waals surface area contributed by atoms with E-state index < -0.39 is 11.9 Å². The number of amides is 1. The van der Waals surface area contributed by atoms with E-state index in [4.69, 9.17) is 36.1 Å². The molecule has 0 saturated carbocycles. The fourth-order valence-electron chi connectivity index (χ4n) is 2.69. The van der Waals surface area contributed by atoms with E-state index in [2.05, 4.69) is 10.2 Å². The molecule has 2 rings (SSSR count). The molecule has 10 heteroatoms. The van der Waals surface area contributed by atoms with Gasteiger partial charge in [0.15, 0.2) is 0 Å². The third-order valence-electron chi connectivity index (χ3n) is 4.19. The van der Waals surface area contributed by atoms with Crippen LogP contribution in [0.3, 0.4) is 0 Å². The third-order valence-corrected chi connectivity index (χ3v) is 4.52. The molecule has 0 bridgehead atoms. The maximum atomic E-state index is 12.0. The summed E-state index contributed by atoms with van der Waals surface area (Å²) < 4.78 is 5.06. The van der Waals surface area contributed by atoms with Crippen molar-refractivity contribution in [3.8, 4) is 0 Å². The lowest BCUT2D eigenvalue weighted by molar-refractivity contribution is -0.159. The van der Waals surface area contributed by atoms with Gasteiger partial charge < -0.3 is 25.2 Å². The predicted molar refractivity (Wildman–Crippen MR) is 106 cm³/mol. The quantitative estimate of drug-likeness (QED) is 0.463. The first-order valence-corrected chi connectivity index (χ1v) is 9.52. The number of nitrogens with zero attached hydrogens (tertiary/aromatic N) is 1. The molecule has 1 saturated heterocycles. The molecule has 0 unspecified atom stereocenters. The van der Waals surface area contributed by atoms with E-state index in [1.165, 1.54) is 0 Å². The zero-order chi connectivity index (χ0) is 21.8. The SMILES string of the molecule is CCOC(=O)C1CCN(CCC(=O)Nc2ccccc2Cl)CC1.O=C(O)C(=O)O. The number of esters is 1. The van der Waals surface area contributed by atoms with Crippen LogP contribution in [0.2, 0.25) is 5.02 Å². The summed E-state index contributed by atoms with van der Waals surface area (Å²) in [5.41, 5.74) is 0.639. The van der Waals surface area contributed by atoms with Gasteiger partial charge in [-0.15, -0.1) is 0 Å². The number of carbonyl (C=O) groups excluding carboxylic acids is 2. The summed E-state index contributed by atoms with van der Waals surface area (Å²) in [5, 5.41) is 18.1. The van der Waals surface area contributed by atoms with Gasteiger partial charge in [-0.2, -0.15) is 0 Å². The standard InChI is InChI=1S/C17H23ClN2O3.C2H2O4/c1-2-23-17(22)13-7-10-20(11-8-13)12-9-16(21)19-15-6-4-3-5-14(15)18;3-1(4)2(5)6/h3-6,13H,2,7-12H2,1H3,(H,19,21);(H,3,4)(H,5,6). The molecule has 160 valence electrons. The van der Waals surface area contributed by atoms with Crippen LogP contribution in [0.1, 0.15) is 26.2 Å². The number of hydrogen-bond donors (Lipinski definition) is 3. The highest BCUT2D eigenvalue weighted by molar-refractivity contribution is 6.33. The Labute approximate surface area is 173 Å². The van der Waals surface area contributed by atoms with Crippen molar-refractivity contribution in [2.24, 2.45) is 5.92 Å². The molecular weight excluding hydrogens is 404 g/mol. The van der Waals surface area contributed by atoms with Gasteiger partial charge >= 0.3 is 17.9 Å². The van der Waals surface area contributed by atoms with Crippen LogP contribution < -0.4 is 5.32 Å². The summed E-state index contributed by atoms with van der Waals surface area (Å²) in [4.78, 5) is 44.1. The van der Waals surface area contributed by atoms with E-state index >= 15 is 0 Å². The summed E-state index contributed by atoms with van der Waals surface area (Å²) in [5.74, 6) is -3.79. The van der Waals surface area contributed by atoms with Gasteiger partial charge in [0.1, 0.15) is 0 Å². The van der Waals surface area contributed by atoms with Crippen molar-refractivity contribution in [1.82, 2.24) is 4.90 Å². The lowest BCUT2D eigenvalue weighted by Gasteiger charge is -2.30. The number of nitrogens with one attached hydrogen (secondary N) is 1. The highest BCUT2D eigenvalue weighted by atomic mass is 35.5.